The normalized spacial score (nSPS) is 16.2. The average Bonchev–Trinajstić information content (AvgIpc) is 3.59. The minimum atomic E-state index is -2.07. The maximum atomic E-state index is 12.9. The van der Waals surface area contributed by atoms with Crippen LogP contribution in [0.15, 0.2) is 53.3 Å². The first-order valence-electron chi connectivity index (χ1n) is 13.7. The maximum absolute atomic E-state index is 12.9. The highest BCUT2D eigenvalue weighted by Gasteiger charge is 2.21. The molecular formula is C27H32N8O2. The molecule has 192 valence electrons. The van der Waals surface area contributed by atoms with Gasteiger partial charge in [-0.15, -0.1) is 5.10 Å². The number of carbonyl (C=O) groups is 1. The zero-order valence-corrected chi connectivity index (χ0v) is 21.4. The van der Waals surface area contributed by atoms with Crippen LogP contribution in [0.2, 0.25) is 0 Å². The molecule has 0 atom stereocenters. The van der Waals surface area contributed by atoms with Gasteiger partial charge in [0.05, 0.1) is 23.1 Å². The Morgan fingerprint density at radius 1 is 1.14 bits per heavy atom. The van der Waals surface area contributed by atoms with Crippen LogP contribution in [-0.2, 0) is 5.41 Å². The summed E-state index contributed by atoms with van der Waals surface area (Å²) in [5.41, 5.74) is 3.96. The average molecular weight is 504 g/mol. The number of nitrogens with zero attached hydrogens (tertiary/aromatic N) is 7. The third-order valence-electron chi connectivity index (χ3n) is 6.34. The van der Waals surface area contributed by atoms with Gasteiger partial charge in [0.1, 0.15) is 11.5 Å². The first-order valence-corrected chi connectivity index (χ1v) is 12.2. The minimum Gasteiger partial charge on any atom is -0.369 e. The van der Waals surface area contributed by atoms with Gasteiger partial charge >= 0.3 is 0 Å². The number of carbonyl (C=O) groups excluding carboxylic acids is 1. The molecule has 1 amide bonds. The second kappa shape index (κ2) is 9.78. The van der Waals surface area contributed by atoms with Gasteiger partial charge in [0.2, 0.25) is 0 Å². The van der Waals surface area contributed by atoms with Crippen molar-refractivity contribution in [2.45, 2.75) is 33.1 Å². The molecule has 1 aliphatic rings. The van der Waals surface area contributed by atoms with Gasteiger partial charge in [-0.1, -0.05) is 43.3 Å². The molecule has 1 aromatic carbocycles. The van der Waals surface area contributed by atoms with Gasteiger partial charge in [-0.3, -0.25) is 9.78 Å². The van der Waals surface area contributed by atoms with Crippen LogP contribution in [0.1, 0.15) is 46.7 Å². The van der Waals surface area contributed by atoms with Crippen molar-refractivity contribution in [2.75, 3.05) is 43.4 Å². The number of rotatable bonds is 5. The molecule has 0 aliphatic carbocycles. The number of nitrogens with one attached hydrogen (secondary N) is 1. The van der Waals surface area contributed by atoms with Gasteiger partial charge in [0, 0.05) is 59.2 Å². The van der Waals surface area contributed by atoms with E-state index in [0.717, 1.165) is 11.3 Å². The number of aromatic nitrogens is 5. The summed E-state index contributed by atoms with van der Waals surface area (Å²) in [5, 5.41) is 15.4. The summed E-state index contributed by atoms with van der Waals surface area (Å²) >= 11 is 0. The number of hydrogen-bond acceptors (Lipinski definition) is 8. The summed E-state index contributed by atoms with van der Waals surface area (Å²) in [6.07, 6.45) is 3.30. The third kappa shape index (κ3) is 5.39. The van der Waals surface area contributed by atoms with E-state index >= 15 is 0 Å². The molecule has 5 rings (SSSR count). The largest absolute Gasteiger partial charge is 0.369 e. The molecule has 1 aliphatic heterocycles. The number of amides is 1. The first-order chi connectivity index (χ1) is 18.9. The molecule has 0 unspecified atom stereocenters. The first kappa shape index (κ1) is 21.1. The van der Waals surface area contributed by atoms with Gasteiger partial charge in [0.25, 0.3) is 5.91 Å². The lowest BCUT2D eigenvalue weighted by Crippen LogP contribution is -2.44. The lowest BCUT2D eigenvalue weighted by Gasteiger charge is -2.34. The molecule has 0 spiro atoms. The van der Waals surface area contributed by atoms with Crippen LogP contribution in [0, 0.1) is 6.92 Å². The van der Waals surface area contributed by atoms with E-state index in [4.69, 9.17) is 8.64 Å². The number of anilines is 2. The second-order valence-corrected chi connectivity index (χ2v) is 10.2. The van der Waals surface area contributed by atoms with Gasteiger partial charge < -0.3 is 19.6 Å². The van der Waals surface area contributed by atoms with Gasteiger partial charge in [0.15, 0.2) is 5.82 Å². The molecule has 1 N–H and O–H groups in total. The van der Waals surface area contributed by atoms with Crippen molar-refractivity contribution in [1.29, 1.82) is 0 Å². The Labute approximate surface area is 220 Å². The van der Waals surface area contributed by atoms with Crippen LogP contribution in [0.3, 0.4) is 0 Å². The summed E-state index contributed by atoms with van der Waals surface area (Å²) in [4.78, 5) is 21.0. The molecule has 4 aromatic rings. The quantitative estimate of drug-likeness (QED) is 0.437. The molecule has 10 heteroatoms. The number of aryl methyl sites for hydroxylation is 1. The van der Waals surface area contributed by atoms with Gasteiger partial charge in [-0.2, -0.15) is 0 Å². The summed E-state index contributed by atoms with van der Waals surface area (Å²) < 4.78 is 29.8. The number of pyridine rings is 1. The van der Waals surface area contributed by atoms with Gasteiger partial charge in [-0.05, 0) is 32.1 Å². The van der Waals surface area contributed by atoms with E-state index in [1.165, 1.54) is 11.1 Å². The van der Waals surface area contributed by atoms with Crippen molar-refractivity contribution in [3.05, 3.63) is 65.8 Å². The van der Waals surface area contributed by atoms with Crippen molar-refractivity contribution in [2.24, 2.45) is 0 Å². The SMILES string of the molecule is [2H]C([2H])([2H])N1CCN(c2cccc(-c3cn(-c4cc(C(=O)Nc5cc(C(C)(C)C)on5)cnc4C)nn3)c2)CC1. The van der Waals surface area contributed by atoms with Gasteiger partial charge in [-0.25, -0.2) is 4.68 Å². The van der Waals surface area contributed by atoms with E-state index in [1.807, 2.05) is 52.0 Å². The van der Waals surface area contributed by atoms with E-state index in [0.29, 0.717) is 60.4 Å². The topological polar surface area (TPSA) is 105 Å². The number of likely N-dealkylation sites (N-methyl/N-ethyl adjacent to an activating group) is 1. The molecule has 37 heavy (non-hydrogen) atoms. The van der Waals surface area contributed by atoms with Crippen LogP contribution in [0.5, 0.6) is 0 Å². The van der Waals surface area contributed by atoms with E-state index in [1.54, 1.807) is 23.0 Å². The van der Waals surface area contributed by atoms with E-state index < -0.39 is 6.98 Å². The molecule has 1 fully saturated rings. The summed E-state index contributed by atoms with van der Waals surface area (Å²) in [7, 11) is 0. The Hall–Kier alpha value is -4.05. The van der Waals surface area contributed by atoms with E-state index in [2.05, 4.69) is 30.7 Å². The Kier molecular flexibility index (Phi) is 5.57. The molecule has 0 bridgehead atoms. The lowest BCUT2D eigenvalue weighted by atomic mass is 9.93. The van der Waals surface area contributed by atoms with Crippen LogP contribution in [0.4, 0.5) is 11.5 Å². The van der Waals surface area contributed by atoms with Crippen molar-refractivity contribution in [1.82, 2.24) is 30.0 Å². The Morgan fingerprint density at radius 3 is 2.68 bits per heavy atom. The Morgan fingerprint density at radius 2 is 1.95 bits per heavy atom. The third-order valence-corrected chi connectivity index (χ3v) is 6.34. The second-order valence-electron chi connectivity index (χ2n) is 10.2. The number of piperazine rings is 1. The zero-order valence-electron chi connectivity index (χ0n) is 24.4. The minimum absolute atomic E-state index is 0.229. The van der Waals surface area contributed by atoms with Crippen LogP contribution in [-0.4, -0.2) is 69.1 Å². The molecule has 0 saturated carbocycles. The maximum Gasteiger partial charge on any atom is 0.258 e. The fraction of sp³-hybridized carbons (Fsp3) is 0.370. The standard InChI is InChI=1S/C27H32N8O2/c1-18-23(14-20(16-28-18)26(36)29-25-15-24(37-31-25)27(2,3)4)35-17-22(30-32-35)19-7-6-8-21(13-19)34-11-9-33(5)10-12-34/h6-8,13-17H,9-12H2,1-5H3,(H,29,31,36)/i5D3. The zero-order chi connectivity index (χ0) is 28.7. The fourth-order valence-electron chi connectivity index (χ4n) is 4.09. The predicted molar refractivity (Wildman–Crippen MR) is 142 cm³/mol. The molecule has 4 heterocycles. The molecule has 10 nitrogen and oxygen atoms in total. The van der Waals surface area contributed by atoms with Crippen molar-refractivity contribution >= 4 is 17.4 Å². The summed E-state index contributed by atoms with van der Waals surface area (Å²) in [5.74, 6) is 0.636. The Bertz CT molecular complexity index is 1510. The molecule has 1 saturated heterocycles. The van der Waals surface area contributed by atoms with E-state index in [9.17, 15) is 4.79 Å². The van der Waals surface area contributed by atoms with Crippen molar-refractivity contribution in [3.8, 4) is 16.9 Å². The highest BCUT2D eigenvalue weighted by Crippen LogP contribution is 2.26. The number of benzene rings is 1. The molecular weight excluding hydrogens is 468 g/mol. The van der Waals surface area contributed by atoms with Crippen LogP contribution in [0.25, 0.3) is 16.9 Å². The van der Waals surface area contributed by atoms with Crippen molar-refractivity contribution < 1.29 is 13.4 Å². The van der Waals surface area contributed by atoms with Crippen molar-refractivity contribution in [3.63, 3.8) is 0 Å². The van der Waals surface area contributed by atoms with Crippen LogP contribution >= 0.6 is 0 Å². The smallest absolute Gasteiger partial charge is 0.258 e. The van der Waals surface area contributed by atoms with E-state index in [-0.39, 0.29) is 11.3 Å². The molecule has 0 radical (unpaired) electrons. The highest BCUT2D eigenvalue weighted by molar-refractivity contribution is 6.03. The van der Waals surface area contributed by atoms with Crippen LogP contribution < -0.4 is 10.2 Å². The molecule has 3 aromatic heterocycles. The fourth-order valence-corrected chi connectivity index (χ4v) is 4.09. The predicted octanol–water partition coefficient (Wildman–Crippen LogP) is 3.93. The monoisotopic (exact) mass is 503 g/mol. The summed E-state index contributed by atoms with van der Waals surface area (Å²) in [6.45, 7) is 7.97. The summed E-state index contributed by atoms with van der Waals surface area (Å²) in [6, 6.07) is 11.4. The number of hydrogen-bond donors (Lipinski definition) is 1. The lowest BCUT2D eigenvalue weighted by molar-refractivity contribution is 0.102. The Balaban J connectivity index is 1.32. The highest BCUT2D eigenvalue weighted by atomic mass is 16.5.